The Morgan fingerprint density at radius 1 is 0.463 bits per heavy atom. The fraction of sp³-hybridized carbons (Fsp3) is 0.0392. The summed E-state index contributed by atoms with van der Waals surface area (Å²) in [4.78, 5) is 4.62. The van der Waals surface area contributed by atoms with Gasteiger partial charge in [0.05, 0.1) is 28.1 Å². The number of rotatable bonds is 3. The van der Waals surface area contributed by atoms with E-state index in [0.717, 1.165) is 23.0 Å². The van der Waals surface area contributed by atoms with Crippen molar-refractivity contribution in [3.63, 3.8) is 0 Å². The summed E-state index contributed by atoms with van der Waals surface area (Å²) in [7, 11) is 0. The molecule has 0 saturated heterocycles. The van der Waals surface area contributed by atoms with E-state index in [2.05, 4.69) is 190 Å². The van der Waals surface area contributed by atoms with Gasteiger partial charge in [-0.1, -0.05) is 140 Å². The number of pyridine rings is 1. The van der Waals surface area contributed by atoms with Gasteiger partial charge in [-0.25, -0.2) is 0 Å². The molecule has 54 heavy (non-hydrogen) atoms. The van der Waals surface area contributed by atoms with Gasteiger partial charge < -0.3 is 9.13 Å². The van der Waals surface area contributed by atoms with Gasteiger partial charge in [0.15, 0.2) is 0 Å². The van der Waals surface area contributed by atoms with Crippen LogP contribution in [0.25, 0.3) is 104 Å². The van der Waals surface area contributed by atoms with E-state index < -0.39 is 0 Å². The highest BCUT2D eigenvalue weighted by atomic mass is 15.0. The third-order valence-corrected chi connectivity index (χ3v) is 11.8. The third kappa shape index (κ3) is 3.98. The lowest BCUT2D eigenvalue weighted by molar-refractivity contribution is 0.649. The van der Waals surface area contributed by atoms with Crippen LogP contribution >= 0.6 is 0 Å². The first-order valence-electron chi connectivity index (χ1n) is 18.8. The van der Waals surface area contributed by atoms with Gasteiger partial charge in [0.2, 0.25) is 0 Å². The van der Waals surface area contributed by atoms with Crippen LogP contribution in [0.4, 0.5) is 0 Å². The van der Waals surface area contributed by atoms with Gasteiger partial charge in [-0.2, -0.15) is 0 Å². The Balaban J connectivity index is 1.27. The Labute approximate surface area is 311 Å². The van der Waals surface area contributed by atoms with Crippen molar-refractivity contribution in [2.75, 3.05) is 0 Å². The van der Waals surface area contributed by atoms with Gasteiger partial charge in [0.25, 0.3) is 0 Å². The number of hydrogen-bond donors (Lipinski definition) is 0. The quantitative estimate of drug-likeness (QED) is 0.170. The van der Waals surface area contributed by atoms with E-state index >= 15 is 0 Å². The predicted octanol–water partition coefficient (Wildman–Crippen LogP) is 13.6. The van der Waals surface area contributed by atoms with E-state index in [1.54, 1.807) is 0 Å². The molecule has 8 aromatic carbocycles. The molecule has 1 atom stereocenters. The van der Waals surface area contributed by atoms with Crippen LogP contribution in [-0.2, 0) is 0 Å². The zero-order valence-electron chi connectivity index (χ0n) is 29.4. The van der Waals surface area contributed by atoms with Crippen molar-refractivity contribution in [1.29, 1.82) is 0 Å². The number of aromatic nitrogens is 3. The van der Waals surface area contributed by atoms with Gasteiger partial charge in [0.1, 0.15) is 0 Å². The van der Waals surface area contributed by atoms with Crippen LogP contribution in [-0.4, -0.2) is 14.1 Å². The number of allylic oxidation sites excluding steroid dienone is 4. The molecule has 0 saturated carbocycles. The molecule has 3 heteroatoms. The zero-order chi connectivity index (χ0) is 35.3. The van der Waals surface area contributed by atoms with Crippen LogP contribution < -0.4 is 0 Å². The highest BCUT2D eigenvalue weighted by Crippen LogP contribution is 2.51. The summed E-state index contributed by atoms with van der Waals surface area (Å²) in [5.74, 6) is 0. The Kier molecular flexibility index (Phi) is 6.17. The van der Waals surface area contributed by atoms with E-state index in [1.165, 1.54) is 87.1 Å². The molecular formula is C51H33N3. The first-order chi connectivity index (χ1) is 26.8. The number of hydrogen-bond acceptors (Lipinski definition) is 1. The summed E-state index contributed by atoms with van der Waals surface area (Å²) < 4.78 is 5.13. The molecule has 0 N–H and O–H groups in total. The van der Waals surface area contributed by atoms with E-state index in [4.69, 9.17) is 0 Å². The average Bonchev–Trinajstić information content (AvgIpc) is 3.78. The van der Waals surface area contributed by atoms with E-state index in [1.807, 2.05) is 6.20 Å². The minimum absolute atomic E-state index is 0.228. The lowest BCUT2D eigenvalue weighted by Gasteiger charge is -2.20. The molecule has 3 nitrogen and oxygen atoms in total. The molecule has 3 aromatic heterocycles. The highest BCUT2D eigenvalue weighted by Gasteiger charge is 2.26. The zero-order valence-corrected chi connectivity index (χ0v) is 29.4. The van der Waals surface area contributed by atoms with Crippen LogP contribution in [0.3, 0.4) is 0 Å². The lowest BCUT2D eigenvalue weighted by atomic mass is 9.89. The maximum absolute atomic E-state index is 4.62. The number of fused-ring (bicyclic) bond motifs is 16. The number of para-hydroxylation sites is 3. The first kappa shape index (κ1) is 29.6. The van der Waals surface area contributed by atoms with Gasteiger partial charge >= 0.3 is 0 Å². The standard InChI is InChI=1S/C51H33N3/c1-2-14-33(15-3-1)53-44-24-12-9-21-41(44)47-49-46(37-17-4-6-19-39(37)50(47)53)38-18-5-7-20-40(38)51-48(49)42-22-10-13-25-45(42)54(51)34-28-26-32(27-29-34)35-30-31-52-43-23-11-8-16-36(35)43/h1-14,16-31,33H,15H2. The average molecular weight is 688 g/mol. The molecule has 0 amide bonds. The van der Waals surface area contributed by atoms with E-state index in [0.29, 0.717) is 0 Å². The van der Waals surface area contributed by atoms with Crippen molar-refractivity contribution in [3.05, 3.63) is 182 Å². The van der Waals surface area contributed by atoms with E-state index in [9.17, 15) is 0 Å². The number of benzene rings is 8. The smallest absolute Gasteiger partial charge is 0.0708 e. The minimum Gasteiger partial charge on any atom is -0.333 e. The summed E-state index contributed by atoms with van der Waals surface area (Å²) in [5.41, 5.74) is 9.57. The Hall–Kier alpha value is -6.97. The van der Waals surface area contributed by atoms with Gasteiger partial charge in [-0.3, -0.25) is 4.98 Å². The highest BCUT2D eigenvalue weighted by molar-refractivity contribution is 6.45. The second-order valence-electron chi connectivity index (χ2n) is 14.6. The third-order valence-electron chi connectivity index (χ3n) is 11.8. The molecule has 11 aromatic rings. The van der Waals surface area contributed by atoms with E-state index in [-0.39, 0.29) is 6.04 Å². The molecule has 0 aliphatic heterocycles. The van der Waals surface area contributed by atoms with Gasteiger partial charge in [0, 0.05) is 60.5 Å². The summed E-state index contributed by atoms with van der Waals surface area (Å²) in [6.45, 7) is 0. The monoisotopic (exact) mass is 687 g/mol. The molecule has 1 aliphatic carbocycles. The molecule has 1 unspecified atom stereocenters. The van der Waals surface area contributed by atoms with Crippen molar-refractivity contribution < 1.29 is 0 Å². The normalized spacial score (nSPS) is 14.6. The second kappa shape index (κ2) is 11.3. The lowest BCUT2D eigenvalue weighted by Crippen LogP contribution is -2.07. The van der Waals surface area contributed by atoms with Crippen molar-refractivity contribution in [2.45, 2.75) is 12.5 Å². The van der Waals surface area contributed by atoms with Crippen LogP contribution in [0.1, 0.15) is 12.5 Å². The first-order valence-corrected chi connectivity index (χ1v) is 18.8. The van der Waals surface area contributed by atoms with Crippen LogP contribution in [0, 0.1) is 0 Å². The SMILES string of the molecule is C1=CCC(n2c3ccccc3c3c4c(c5ccccc5c5c4c4ccccc4n5-c4ccc(-c5ccnc6ccccc56)cc4)c4ccccc4c32)C=C1. The summed E-state index contributed by atoms with van der Waals surface area (Å²) in [6.07, 6.45) is 11.9. The second-order valence-corrected chi connectivity index (χ2v) is 14.6. The summed E-state index contributed by atoms with van der Waals surface area (Å²) in [6, 6.07) is 56.1. The summed E-state index contributed by atoms with van der Waals surface area (Å²) in [5, 5.41) is 14.2. The van der Waals surface area contributed by atoms with Crippen molar-refractivity contribution >= 4 is 86.8 Å². The largest absolute Gasteiger partial charge is 0.333 e. The maximum atomic E-state index is 4.62. The molecule has 252 valence electrons. The van der Waals surface area contributed by atoms with Gasteiger partial charge in [-0.15, -0.1) is 0 Å². The molecule has 0 fully saturated rings. The van der Waals surface area contributed by atoms with Crippen molar-refractivity contribution in [3.8, 4) is 16.8 Å². The van der Waals surface area contributed by atoms with Crippen LogP contribution in [0.2, 0.25) is 0 Å². The molecule has 0 spiro atoms. The number of nitrogens with zero attached hydrogens (tertiary/aromatic N) is 3. The fourth-order valence-electron chi connectivity index (χ4n) is 9.64. The van der Waals surface area contributed by atoms with Crippen molar-refractivity contribution in [1.82, 2.24) is 14.1 Å². The minimum atomic E-state index is 0.228. The van der Waals surface area contributed by atoms with Crippen molar-refractivity contribution in [2.24, 2.45) is 0 Å². The molecule has 1 aliphatic rings. The van der Waals surface area contributed by atoms with Crippen LogP contribution in [0.15, 0.2) is 182 Å². The van der Waals surface area contributed by atoms with Gasteiger partial charge in [-0.05, 0) is 70.1 Å². The predicted molar refractivity (Wildman–Crippen MR) is 229 cm³/mol. The molecule has 0 bridgehead atoms. The Bertz CT molecular complexity index is 3410. The molecule has 12 rings (SSSR count). The maximum Gasteiger partial charge on any atom is 0.0708 e. The van der Waals surface area contributed by atoms with Crippen LogP contribution in [0.5, 0.6) is 0 Å². The topological polar surface area (TPSA) is 22.8 Å². The fourth-order valence-corrected chi connectivity index (χ4v) is 9.64. The Morgan fingerprint density at radius 2 is 1.06 bits per heavy atom. The Morgan fingerprint density at radius 3 is 1.78 bits per heavy atom. The summed E-state index contributed by atoms with van der Waals surface area (Å²) >= 11 is 0. The molecule has 3 heterocycles. The molecular weight excluding hydrogens is 655 g/mol. The molecule has 0 radical (unpaired) electrons.